The molecule has 0 bridgehead atoms. The van der Waals surface area contributed by atoms with Crippen LogP contribution >= 0.6 is 15.9 Å². The number of carbonyl (C=O) groups excluding carboxylic acids is 1. The van der Waals surface area contributed by atoms with Crippen molar-refractivity contribution >= 4 is 37.5 Å². The lowest BCUT2D eigenvalue weighted by molar-refractivity contribution is 0.102. The molecule has 0 unspecified atom stereocenters. The molecule has 0 atom stereocenters. The molecule has 0 aliphatic carbocycles. The minimum absolute atomic E-state index is 0.0212. The van der Waals surface area contributed by atoms with Gasteiger partial charge in [-0.3, -0.25) is 4.79 Å². The normalized spacial score (nSPS) is 11.2. The smallest absolute Gasteiger partial charge is 0.255 e. The zero-order chi connectivity index (χ0) is 18.6. The standard InChI is InChI=1S/C17H16BrFN2O3S/c1-3-8-20-25(23,24)16-10-12(5-6-14(16)19)17(22)21-15-7-4-11(2)9-13(15)18/h3-7,9-10,20H,1,8H2,2H3,(H,21,22). The highest BCUT2D eigenvalue weighted by Gasteiger charge is 2.20. The molecule has 2 rings (SSSR count). The van der Waals surface area contributed by atoms with Gasteiger partial charge in [0, 0.05) is 16.6 Å². The molecule has 25 heavy (non-hydrogen) atoms. The third-order valence-corrected chi connectivity index (χ3v) is 5.37. The van der Waals surface area contributed by atoms with E-state index in [0.29, 0.717) is 10.2 Å². The van der Waals surface area contributed by atoms with Gasteiger partial charge in [0.1, 0.15) is 10.7 Å². The summed E-state index contributed by atoms with van der Waals surface area (Å²) >= 11 is 3.34. The predicted molar refractivity (Wildman–Crippen MR) is 98.6 cm³/mol. The van der Waals surface area contributed by atoms with Gasteiger partial charge in [0.25, 0.3) is 5.91 Å². The summed E-state index contributed by atoms with van der Waals surface area (Å²) < 4.78 is 41.0. The van der Waals surface area contributed by atoms with Gasteiger partial charge in [-0.1, -0.05) is 12.1 Å². The average molecular weight is 427 g/mol. The van der Waals surface area contributed by atoms with Crippen LogP contribution in [0.3, 0.4) is 0 Å². The van der Waals surface area contributed by atoms with Crippen molar-refractivity contribution in [1.29, 1.82) is 0 Å². The molecule has 0 aromatic heterocycles. The molecule has 0 saturated heterocycles. The molecular weight excluding hydrogens is 411 g/mol. The van der Waals surface area contributed by atoms with Crippen LogP contribution in [0.2, 0.25) is 0 Å². The highest BCUT2D eigenvalue weighted by Crippen LogP contribution is 2.24. The molecule has 0 aliphatic heterocycles. The van der Waals surface area contributed by atoms with Crippen LogP contribution in [-0.2, 0) is 10.0 Å². The number of rotatable bonds is 6. The van der Waals surface area contributed by atoms with Gasteiger partial charge in [-0.2, -0.15) is 0 Å². The number of nitrogens with one attached hydrogen (secondary N) is 2. The molecule has 2 aromatic rings. The first-order valence-electron chi connectivity index (χ1n) is 7.22. The summed E-state index contributed by atoms with van der Waals surface area (Å²) in [6.45, 7) is 5.26. The van der Waals surface area contributed by atoms with E-state index in [1.807, 2.05) is 19.1 Å². The fourth-order valence-corrected chi connectivity index (χ4v) is 3.70. The van der Waals surface area contributed by atoms with Gasteiger partial charge >= 0.3 is 0 Å². The number of amides is 1. The van der Waals surface area contributed by atoms with Crippen LogP contribution in [-0.4, -0.2) is 20.9 Å². The summed E-state index contributed by atoms with van der Waals surface area (Å²) in [6.07, 6.45) is 1.33. The maximum atomic E-state index is 13.9. The van der Waals surface area contributed by atoms with Gasteiger partial charge in [0.05, 0.1) is 5.69 Å². The number of hydrogen-bond donors (Lipinski definition) is 2. The summed E-state index contributed by atoms with van der Waals surface area (Å²) in [5, 5.41) is 2.66. The Morgan fingerprint density at radius 3 is 2.64 bits per heavy atom. The molecule has 8 heteroatoms. The molecule has 0 saturated carbocycles. The number of halogens is 2. The van der Waals surface area contributed by atoms with Crippen LogP contribution in [0.5, 0.6) is 0 Å². The number of benzene rings is 2. The molecule has 132 valence electrons. The van der Waals surface area contributed by atoms with Crippen LogP contribution < -0.4 is 10.0 Å². The maximum Gasteiger partial charge on any atom is 0.255 e. The number of carbonyl (C=O) groups is 1. The van der Waals surface area contributed by atoms with E-state index in [1.54, 1.807) is 6.07 Å². The van der Waals surface area contributed by atoms with Crippen molar-refractivity contribution in [3.05, 3.63) is 70.5 Å². The van der Waals surface area contributed by atoms with Gasteiger partial charge in [-0.15, -0.1) is 6.58 Å². The van der Waals surface area contributed by atoms with Crippen molar-refractivity contribution in [3.63, 3.8) is 0 Å². The van der Waals surface area contributed by atoms with Crippen molar-refractivity contribution in [1.82, 2.24) is 4.72 Å². The number of aryl methyl sites for hydroxylation is 1. The SMILES string of the molecule is C=CCNS(=O)(=O)c1cc(C(=O)Nc2ccc(C)cc2Br)ccc1F. The third-order valence-electron chi connectivity index (χ3n) is 3.27. The molecule has 0 aliphatic rings. The molecule has 5 nitrogen and oxygen atoms in total. The molecule has 0 heterocycles. The van der Waals surface area contributed by atoms with Gasteiger partial charge in [-0.05, 0) is 58.7 Å². The molecule has 0 fully saturated rings. The number of anilines is 1. The van der Waals surface area contributed by atoms with Crippen molar-refractivity contribution < 1.29 is 17.6 Å². The highest BCUT2D eigenvalue weighted by molar-refractivity contribution is 9.10. The van der Waals surface area contributed by atoms with Crippen molar-refractivity contribution in [2.75, 3.05) is 11.9 Å². The summed E-state index contributed by atoms with van der Waals surface area (Å²) in [6, 6.07) is 8.53. The first kappa shape index (κ1) is 19.3. The van der Waals surface area contributed by atoms with Crippen LogP contribution in [0, 0.1) is 12.7 Å². The van der Waals surface area contributed by atoms with E-state index >= 15 is 0 Å². The van der Waals surface area contributed by atoms with E-state index in [1.165, 1.54) is 12.1 Å². The molecule has 2 aromatic carbocycles. The molecule has 1 amide bonds. The summed E-state index contributed by atoms with van der Waals surface area (Å²) in [5.74, 6) is -1.49. The lowest BCUT2D eigenvalue weighted by Gasteiger charge is -2.10. The summed E-state index contributed by atoms with van der Waals surface area (Å²) in [7, 11) is -4.08. The fourth-order valence-electron chi connectivity index (χ4n) is 2.01. The first-order chi connectivity index (χ1) is 11.7. The Kier molecular flexibility index (Phi) is 6.10. The second kappa shape index (κ2) is 7.90. The Bertz CT molecular complexity index is 929. The highest BCUT2D eigenvalue weighted by atomic mass is 79.9. The summed E-state index contributed by atoms with van der Waals surface area (Å²) in [4.78, 5) is 11.8. The van der Waals surface area contributed by atoms with Crippen molar-refractivity contribution in [3.8, 4) is 0 Å². The van der Waals surface area contributed by atoms with Crippen molar-refractivity contribution in [2.45, 2.75) is 11.8 Å². The first-order valence-corrected chi connectivity index (χ1v) is 9.50. The van der Waals surface area contributed by atoms with E-state index in [0.717, 1.165) is 17.7 Å². The van der Waals surface area contributed by atoms with Gasteiger partial charge in [0.2, 0.25) is 10.0 Å². The molecule has 0 radical (unpaired) electrons. The van der Waals surface area contributed by atoms with Crippen LogP contribution in [0.25, 0.3) is 0 Å². The van der Waals surface area contributed by atoms with Crippen LogP contribution in [0.1, 0.15) is 15.9 Å². The fraction of sp³-hybridized carbons (Fsp3) is 0.118. The van der Waals surface area contributed by atoms with E-state index in [4.69, 9.17) is 0 Å². The van der Waals surface area contributed by atoms with Crippen molar-refractivity contribution in [2.24, 2.45) is 0 Å². The topological polar surface area (TPSA) is 75.3 Å². The third kappa shape index (κ3) is 4.75. The minimum atomic E-state index is -4.08. The Morgan fingerprint density at radius 1 is 1.28 bits per heavy atom. The van der Waals surface area contributed by atoms with E-state index in [2.05, 4.69) is 32.5 Å². The monoisotopic (exact) mass is 426 g/mol. The number of hydrogen-bond acceptors (Lipinski definition) is 3. The van der Waals surface area contributed by atoms with E-state index in [-0.39, 0.29) is 12.1 Å². The second-order valence-electron chi connectivity index (χ2n) is 5.22. The average Bonchev–Trinajstić information content (AvgIpc) is 2.55. The predicted octanol–water partition coefficient (Wildman–Crippen LogP) is 3.61. The quantitative estimate of drug-likeness (QED) is 0.692. The maximum absolute atomic E-state index is 13.9. The minimum Gasteiger partial charge on any atom is -0.321 e. The Balaban J connectivity index is 2.32. The lowest BCUT2D eigenvalue weighted by atomic mass is 10.2. The Labute approximate surface area is 154 Å². The largest absolute Gasteiger partial charge is 0.321 e. The zero-order valence-electron chi connectivity index (χ0n) is 13.3. The molecule has 0 spiro atoms. The lowest BCUT2D eigenvalue weighted by Crippen LogP contribution is -2.25. The van der Waals surface area contributed by atoms with E-state index < -0.39 is 26.6 Å². The Hall–Kier alpha value is -2.03. The Morgan fingerprint density at radius 2 is 2.00 bits per heavy atom. The molecule has 2 N–H and O–H groups in total. The van der Waals surface area contributed by atoms with E-state index in [9.17, 15) is 17.6 Å². The second-order valence-corrected chi connectivity index (χ2v) is 7.81. The van der Waals surface area contributed by atoms with Crippen LogP contribution in [0.15, 0.2) is 58.4 Å². The van der Waals surface area contributed by atoms with Crippen LogP contribution in [0.4, 0.5) is 10.1 Å². The van der Waals surface area contributed by atoms with Gasteiger partial charge < -0.3 is 5.32 Å². The molecular formula is C17H16BrFN2O3S. The van der Waals surface area contributed by atoms with Gasteiger partial charge in [-0.25, -0.2) is 17.5 Å². The number of sulfonamides is 1. The zero-order valence-corrected chi connectivity index (χ0v) is 15.7. The van der Waals surface area contributed by atoms with Gasteiger partial charge in [0.15, 0.2) is 0 Å². The summed E-state index contributed by atoms with van der Waals surface area (Å²) in [5.41, 5.74) is 1.55.